The van der Waals surface area contributed by atoms with Crippen LogP contribution in [0.25, 0.3) is 11.1 Å². The van der Waals surface area contributed by atoms with Crippen molar-refractivity contribution in [1.29, 1.82) is 0 Å². The van der Waals surface area contributed by atoms with E-state index in [1.807, 2.05) is 22.6 Å². The van der Waals surface area contributed by atoms with Gasteiger partial charge in [-0.05, 0) is 64.0 Å². The van der Waals surface area contributed by atoms with Crippen molar-refractivity contribution in [1.82, 2.24) is 4.98 Å². The van der Waals surface area contributed by atoms with Gasteiger partial charge in [-0.2, -0.15) is 0 Å². The number of benzene rings is 3. The third-order valence-corrected chi connectivity index (χ3v) is 5.08. The molecule has 0 saturated heterocycles. The van der Waals surface area contributed by atoms with Gasteiger partial charge in [-0.25, -0.2) is 13.6 Å². The number of aromatic nitrogens is 1. The van der Waals surface area contributed by atoms with Crippen molar-refractivity contribution >= 4 is 39.6 Å². The van der Waals surface area contributed by atoms with E-state index in [0.29, 0.717) is 9.09 Å². The summed E-state index contributed by atoms with van der Waals surface area (Å²) in [6, 6.07) is 11.2. The monoisotopic (exact) mass is 522 g/mol. The maximum Gasteiger partial charge on any atom is 0.417 e. The van der Waals surface area contributed by atoms with Crippen molar-refractivity contribution < 1.29 is 22.7 Å². The van der Waals surface area contributed by atoms with Gasteiger partial charge in [-0.1, -0.05) is 6.07 Å². The second kappa shape index (κ2) is 7.90. The first-order valence-corrected chi connectivity index (χ1v) is 9.75. The number of halogens is 3. The lowest BCUT2D eigenvalue weighted by molar-refractivity contribution is 0.0997. The second-order valence-electron chi connectivity index (χ2n) is 6.49. The Kier molecular flexibility index (Phi) is 5.29. The molecule has 1 heterocycles. The number of nitrogens with two attached hydrogens (primary N) is 1. The molecule has 3 aromatic carbocycles. The van der Waals surface area contributed by atoms with Crippen LogP contribution in [-0.4, -0.2) is 10.9 Å². The van der Waals surface area contributed by atoms with Gasteiger partial charge in [0.25, 0.3) is 5.91 Å². The fraction of sp³-hybridized carbons (Fsp3) is 0.0476. The van der Waals surface area contributed by atoms with Crippen LogP contribution in [0.4, 0.5) is 8.78 Å². The molecule has 1 aromatic heterocycles. The number of nitrogens with one attached hydrogen (secondary N) is 1. The average molecular weight is 522 g/mol. The lowest BCUT2D eigenvalue weighted by atomic mass is 9.98. The zero-order chi connectivity index (χ0) is 21.4. The van der Waals surface area contributed by atoms with Gasteiger partial charge < -0.3 is 14.9 Å². The van der Waals surface area contributed by atoms with Crippen LogP contribution in [0, 0.1) is 15.2 Å². The van der Waals surface area contributed by atoms with E-state index < -0.39 is 23.3 Å². The Hall–Kier alpha value is -3.21. The molecular weight excluding hydrogens is 509 g/mol. The van der Waals surface area contributed by atoms with Crippen LogP contribution in [0.3, 0.4) is 0 Å². The summed E-state index contributed by atoms with van der Waals surface area (Å²) in [5.74, 6) is -2.56. The molecule has 0 atom stereocenters. The molecule has 3 N–H and O–H groups in total. The van der Waals surface area contributed by atoms with Gasteiger partial charge in [0.2, 0.25) is 0 Å². The number of aromatic amines is 1. The van der Waals surface area contributed by atoms with Gasteiger partial charge in [0, 0.05) is 22.1 Å². The molecule has 1 amide bonds. The lowest BCUT2D eigenvalue weighted by Gasteiger charge is -2.14. The summed E-state index contributed by atoms with van der Waals surface area (Å²) in [6.07, 6.45) is -0.0547. The minimum absolute atomic E-state index is 0.0547. The Balaban J connectivity index is 1.76. The number of ether oxygens (including phenoxy) is 1. The predicted molar refractivity (Wildman–Crippen MR) is 114 cm³/mol. The minimum Gasteiger partial charge on any atom is -0.456 e. The number of oxazole rings is 1. The Morgan fingerprint density at radius 3 is 2.63 bits per heavy atom. The third-order valence-electron chi connectivity index (χ3n) is 4.41. The number of fused-ring (bicyclic) bond motifs is 1. The highest BCUT2D eigenvalue weighted by molar-refractivity contribution is 14.1. The van der Waals surface area contributed by atoms with Crippen molar-refractivity contribution in [2.45, 2.75) is 6.42 Å². The van der Waals surface area contributed by atoms with Crippen LogP contribution in [0.1, 0.15) is 21.5 Å². The van der Waals surface area contributed by atoms with Crippen molar-refractivity contribution in [3.05, 3.63) is 91.0 Å². The molecule has 4 rings (SSSR count). The van der Waals surface area contributed by atoms with Gasteiger partial charge >= 0.3 is 5.76 Å². The van der Waals surface area contributed by atoms with Crippen molar-refractivity contribution in [3.8, 4) is 11.5 Å². The molecule has 6 nitrogen and oxygen atoms in total. The maximum absolute atomic E-state index is 14.3. The van der Waals surface area contributed by atoms with Gasteiger partial charge in [0.05, 0.1) is 11.1 Å². The molecule has 0 aliphatic heterocycles. The van der Waals surface area contributed by atoms with Crippen LogP contribution in [0.5, 0.6) is 11.5 Å². The van der Waals surface area contributed by atoms with E-state index >= 15 is 0 Å². The summed E-state index contributed by atoms with van der Waals surface area (Å²) < 4.78 is 40.0. The molecule has 0 aliphatic rings. The smallest absolute Gasteiger partial charge is 0.417 e. The number of amides is 1. The molecule has 0 fully saturated rings. The number of H-pyrrole nitrogens is 1. The molecule has 9 heteroatoms. The summed E-state index contributed by atoms with van der Waals surface area (Å²) in [5, 5.41) is 0. The summed E-state index contributed by atoms with van der Waals surface area (Å²) in [7, 11) is 0. The summed E-state index contributed by atoms with van der Waals surface area (Å²) >= 11 is 1.98. The van der Waals surface area contributed by atoms with E-state index in [4.69, 9.17) is 14.9 Å². The van der Waals surface area contributed by atoms with Gasteiger partial charge in [-0.15, -0.1) is 0 Å². The van der Waals surface area contributed by atoms with Crippen molar-refractivity contribution in [2.75, 3.05) is 0 Å². The molecule has 30 heavy (non-hydrogen) atoms. The molecule has 0 bridgehead atoms. The molecule has 0 spiro atoms. The van der Waals surface area contributed by atoms with E-state index in [2.05, 4.69) is 4.98 Å². The first-order chi connectivity index (χ1) is 14.3. The highest BCUT2D eigenvalue weighted by atomic mass is 127. The molecule has 0 unspecified atom stereocenters. The van der Waals surface area contributed by atoms with Crippen molar-refractivity contribution in [2.24, 2.45) is 5.73 Å². The van der Waals surface area contributed by atoms with Crippen LogP contribution >= 0.6 is 22.6 Å². The largest absolute Gasteiger partial charge is 0.456 e. The average Bonchev–Trinajstić information content (AvgIpc) is 3.02. The molecule has 0 aliphatic carbocycles. The Bertz CT molecular complexity index is 1350. The first kappa shape index (κ1) is 20.1. The van der Waals surface area contributed by atoms with E-state index in [-0.39, 0.29) is 40.2 Å². The van der Waals surface area contributed by atoms with Gasteiger partial charge in [0.1, 0.15) is 23.1 Å². The standard InChI is InChI=1S/C21H13F2IN2O4/c22-12-6-11(5-10-1-2-13(24)8-15(10)23)19(20(25)27)18(7-12)29-14-3-4-16-17(9-14)30-21(28)26-16/h1-4,6-9H,5H2,(H2,25,27)(H,26,28). The van der Waals surface area contributed by atoms with E-state index in [9.17, 15) is 18.4 Å². The van der Waals surface area contributed by atoms with Crippen molar-refractivity contribution in [3.63, 3.8) is 0 Å². The number of primary amides is 1. The number of hydrogen-bond donors (Lipinski definition) is 2. The highest BCUT2D eigenvalue weighted by Gasteiger charge is 2.20. The Morgan fingerprint density at radius 1 is 1.10 bits per heavy atom. The molecule has 152 valence electrons. The van der Waals surface area contributed by atoms with Gasteiger partial charge in [-0.3, -0.25) is 9.78 Å². The second-order valence-corrected chi connectivity index (χ2v) is 7.73. The number of rotatable bonds is 5. The highest BCUT2D eigenvalue weighted by Crippen LogP contribution is 2.32. The van der Waals surface area contributed by atoms with Gasteiger partial charge in [0.15, 0.2) is 5.58 Å². The zero-order valence-corrected chi connectivity index (χ0v) is 17.3. The Labute approximate surface area is 181 Å². The zero-order valence-electron chi connectivity index (χ0n) is 15.2. The quantitative estimate of drug-likeness (QED) is 0.378. The number of carbonyl (C=O) groups excluding carboxylic acids is 1. The van der Waals surface area contributed by atoms with Crippen LogP contribution in [-0.2, 0) is 6.42 Å². The topological polar surface area (TPSA) is 98.3 Å². The van der Waals surface area contributed by atoms with Crippen LogP contribution < -0.4 is 16.2 Å². The van der Waals surface area contributed by atoms with E-state index in [1.165, 1.54) is 18.2 Å². The summed E-state index contributed by atoms with van der Waals surface area (Å²) in [5.41, 5.74) is 6.62. The van der Waals surface area contributed by atoms with Crippen LogP contribution in [0.2, 0.25) is 0 Å². The maximum atomic E-state index is 14.3. The van der Waals surface area contributed by atoms with Crippen LogP contribution in [0.15, 0.2) is 57.7 Å². The normalized spacial score (nSPS) is 11.0. The molecular formula is C21H13F2IN2O4. The Morgan fingerprint density at radius 2 is 1.90 bits per heavy atom. The SMILES string of the molecule is NC(=O)c1c(Cc2ccc(I)cc2F)cc(F)cc1Oc1ccc2[nH]c(=O)oc2c1. The first-order valence-electron chi connectivity index (χ1n) is 8.67. The number of carbonyl (C=O) groups is 1. The molecule has 4 aromatic rings. The fourth-order valence-corrected chi connectivity index (χ4v) is 3.58. The molecule has 0 radical (unpaired) electrons. The fourth-order valence-electron chi connectivity index (χ4n) is 3.12. The van der Waals surface area contributed by atoms with E-state index in [1.54, 1.807) is 18.2 Å². The molecule has 0 saturated carbocycles. The minimum atomic E-state index is -0.847. The summed E-state index contributed by atoms with van der Waals surface area (Å²) in [4.78, 5) is 25.9. The third kappa shape index (κ3) is 4.06. The predicted octanol–water partition coefficient (Wildman–Crippen LogP) is 4.49. The summed E-state index contributed by atoms with van der Waals surface area (Å²) in [6.45, 7) is 0. The lowest BCUT2D eigenvalue weighted by Crippen LogP contribution is -2.16. The van der Waals surface area contributed by atoms with E-state index in [0.717, 1.165) is 12.1 Å². The number of hydrogen-bond acceptors (Lipinski definition) is 4.